The van der Waals surface area contributed by atoms with Crippen molar-refractivity contribution in [1.82, 2.24) is 10.6 Å². The Hall–Kier alpha value is -2.16. The molecule has 0 radical (unpaired) electrons. The molecule has 288 valence electrons. The average molecular weight is 713 g/mol. The number of amides is 2. The number of carbonyl (C=O) groups is 4. The van der Waals surface area contributed by atoms with Crippen LogP contribution >= 0.6 is 0 Å². The van der Waals surface area contributed by atoms with E-state index in [1.54, 1.807) is 0 Å². The number of hydrogen-bond donors (Lipinski definition) is 4. The maximum atomic E-state index is 13.5. The van der Waals surface area contributed by atoms with Gasteiger partial charge in [-0.3, -0.25) is 19.2 Å². The standard InChI is InChI=1S/C42H68N2O7/c45-39(37-25-29(11-21-35(37)41(47)48)23-27-7-3-1-4-8-27)43-31-13-17-33(18-14-31)51-34-19-15-32(16-20-34)44-40(46)38-26-30(12-22-36(38)42(49)50)24-28-9-5-2-6-10-28/h27-38H,1-26H2,(H,43,45)(H,44,46)(H,47,48)(H,49,50). The number of carbonyl (C=O) groups excluding carboxylic acids is 2. The van der Waals surface area contributed by atoms with Crippen LogP contribution in [-0.2, 0) is 23.9 Å². The van der Waals surface area contributed by atoms with Gasteiger partial charge >= 0.3 is 11.9 Å². The van der Waals surface area contributed by atoms with Crippen molar-refractivity contribution in [2.45, 2.75) is 191 Å². The van der Waals surface area contributed by atoms with Crippen LogP contribution in [0.1, 0.15) is 167 Å². The van der Waals surface area contributed by atoms with Crippen molar-refractivity contribution in [3.05, 3.63) is 0 Å². The lowest BCUT2D eigenvalue weighted by Gasteiger charge is -2.38. The molecule has 2 amide bonds. The summed E-state index contributed by atoms with van der Waals surface area (Å²) in [7, 11) is 0. The number of carboxylic acid groups (broad SMARTS) is 2. The molecule has 0 heterocycles. The quantitative estimate of drug-likeness (QED) is 0.161. The normalized spacial score (nSPS) is 37.3. The van der Waals surface area contributed by atoms with Gasteiger partial charge in [0.05, 0.1) is 35.9 Å². The van der Waals surface area contributed by atoms with Gasteiger partial charge in [0.1, 0.15) is 0 Å². The van der Waals surface area contributed by atoms with Gasteiger partial charge < -0.3 is 25.6 Å². The van der Waals surface area contributed by atoms with Crippen LogP contribution in [0.15, 0.2) is 0 Å². The van der Waals surface area contributed by atoms with Crippen LogP contribution in [0.2, 0.25) is 0 Å². The fraction of sp³-hybridized carbons (Fsp3) is 0.905. The lowest BCUT2D eigenvalue weighted by Crippen LogP contribution is -2.47. The highest BCUT2D eigenvalue weighted by Gasteiger charge is 2.42. The average Bonchev–Trinajstić information content (AvgIpc) is 3.14. The molecule has 9 heteroatoms. The van der Waals surface area contributed by atoms with Crippen LogP contribution in [0.3, 0.4) is 0 Å². The molecule has 6 aliphatic carbocycles. The predicted molar refractivity (Wildman–Crippen MR) is 196 cm³/mol. The Morgan fingerprint density at radius 2 is 0.804 bits per heavy atom. The zero-order chi connectivity index (χ0) is 35.7. The molecule has 0 bridgehead atoms. The summed E-state index contributed by atoms with van der Waals surface area (Å²) in [6.45, 7) is 0. The van der Waals surface area contributed by atoms with Gasteiger partial charge in [-0.25, -0.2) is 0 Å². The molecule has 6 rings (SSSR count). The minimum absolute atomic E-state index is 0.0527. The van der Waals surface area contributed by atoms with Crippen LogP contribution in [-0.4, -0.2) is 58.3 Å². The molecule has 0 aromatic carbocycles. The molecule has 6 aliphatic rings. The Morgan fingerprint density at radius 1 is 0.431 bits per heavy atom. The lowest BCUT2D eigenvalue weighted by atomic mass is 9.69. The summed E-state index contributed by atoms with van der Waals surface area (Å²) in [6, 6.07) is 0.154. The van der Waals surface area contributed by atoms with Gasteiger partial charge in [0.25, 0.3) is 0 Å². The molecule has 6 saturated carbocycles. The summed E-state index contributed by atoms with van der Waals surface area (Å²) >= 11 is 0. The summed E-state index contributed by atoms with van der Waals surface area (Å²) in [5.74, 6) is -1.34. The van der Waals surface area contributed by atoms with Gasteiger partial charge in [-0.15, -0.1) is 0 Å². The third kappa shape index (κ3) is 10.9. The van der Waals surface area contributed by atoms with E-state index in [1.807, 2.05) is 0 Å². The van der Waals surface area contributed by atoms with Crippen LogP contribution in [0.25, 0.3) is 0 Å². The molecule has 6 atom stereocenters. The van der Waals surface area contributed by atoms with Gasteiger partial charge in [-0.1, -0.05) is 64.2 Å². The molecule has 9 nitrogen and oxygen atoms in total. The third-order valence-electron chi connectivity index (χ3n) is 14.4. The number of aliphatic carboxylic acids is 2. The molecule has 0 aromatic heterocycles. The Balaban J connectivity index is 0.898. The first-order chi connectivity index (χ1) is 24.7. The van der Waals surface area contributed by atoms with E-state index < -0.39 is 35.6 Å². The largest absolute Gasteiger partial charge is 0.481 e. The van der Waals surface area contributed by atoms with Gasteiger partial charge in [-0.2, -0.15) is 0 Å². The summed E-state index contributed by atoms with van der Waals surface area (Å²) in [6.07, 6.45) is 27.1. The Labute approximate surface area is 306 Å². The SMILES string of the molecule is O=C(O)C1CCC(CC2CCCCC2)CC1C(=O)NC1CCC(OC2CCC(NC(=O)C3CC(CC4CCCCC4)CCC3C(=O)O)CC2)CC1. The van der Waals surface area contributed by atoms with Crippen LogP contribution in [0, 0.1) is 47.3 Å². The first-order valence-corrected chi connectivity index (χ1v) is 21.4. The second kappa shape index (κ2) is 18.7. The van der Waals surface area contributed by atoms with Crippen LogP contribution < -0.4 is 10.6 Å². The maximum Gasteiger partial charge on any atom is 0.307 e. The summed E-state index contributed by atoms with van der Waals surface area (Å²) in [5.41, 5.74) is 0. The second-order valence-electron chi connectivity index (χ2n) is 18.0. The van der Waals surface area contributed by atoms with Crippen LogP contribution in [0.4, 0.5) is 0 Å². The number of rotatable bonds is 12. The highest BCUT2D eigenvalue weighted by atomic mass is 16.5. The van der Waals surface area contributed by atoms with Crippen molar-refractivity contribution < 1.29 is 34.1 Å². The van der Waals surface area contributed by atoms with E-state index in [2.05, 4.69) is 10.6 Å². The molecule has 6 fully saturated rings. The van der Waals surface area contributed by atoms with E-state index in [1.165, 1.54) is 64.2 Å². The number of nitrogens with one attached hydrogen (secondary N) is 2. The smallest absolute Gasteiger partial charge is 0.307 e. The fourth-order valence-corrected chi connectivity index (χ4v) is 11.5. The van der Waals surface area contributed by atoms with Crippen molar-refractivity contribution in [2.75, 3.05) is 0 Å². The van der Waals surface area contributed by atoms with Crippen LogP contribution in [0.5, 0.6) is 0 Å². The molecule has 0 aromatic rings. The van der Waals surface area contributed by atoms with Crippen molar-refractivity contribution in [2.24, 2.45) is 47.3 Å². The second-order valence-corrected chi connectivity index (χ2v) is 18.0. The van der Waals surface area contributed by atoms with Gasteiger partial charge in [0.15, 0.2) is 0 Å². The Bertz CT molecular complexity index is 1060. The number of carboxylic acids is 2. The summed E-state index contributed by atoms with van der Waals surface area (Å²) in [4.78, 5) is 51.2. The molecule has 0 saturated heterocycles. The highest BCUT2D eigenvalue weighted by molar-refractivity contribution is 5.85. The first kappa shape index (κ1) is 38.6. The minimum Gasteiger partial charge on any atom is -0.481 e. The summed E-state index contributed by atoms with van der Waals surface area (Å²) < 4.78 is 6.56. The van der Waals surface area contributed by atoms with Crippen molar-refractivity contribution in [1.29, 1.82) is 0 Å². The van der Waals surface area contributed by atoms with Gasteiger partial charge in [0.2, 0.25) is 11.8 Å². The van der Waals surface area contributed by atoms with E-state index in [-0.39, 0.29) is 36.1 Å². The Kier molecular flexibility index (Phi) is 14.2. The highest BCUT2D eigenvalue weighted by Crippen LogP contribution is 2.42. The molecule has 0 spiro atoms. The summed E-state index contributed by atoms with van der Waals surface area (Å²) in [5, 5.41) is 26.4. The monoisotopic (exact) mass is 713 g/mol. The molecular formula is C42H68N2O7. The topological polar surface area (TPSA) is 142 Å². The first-order valence-electron chi connectivity index (χ1n) is 21.4. The Morgan fingerprint density at radius 3 is 1.16 bits per heavy atom. The molecule has 51 heavy (non-hydrogen) atoms. The molecule has 6 unspecified atom stereocenters. The molecule has 0 aliphatic heterocycles. The van der Waals surface area contributed by atoms with Gasteiger partial charge in [0, 0.05) is 12.1 Å². The van der Waals surface area contributed by atoms with E-state index in [0.29, 0.717) is 37.5 Å². The minimum atomic E-state index is -0.824. The number of ether oxygens (including phenoxy) is 1. The van der Waals surface area contributed by atoms with E-state index >= 15 is 0 Å². The zero-order valence-corrected chi connectivity index (χ0v) is 31.2. The molecular weight excluding hydrogens is 644 g/mol. The van der Waals surface area contributed by atoms with E-state index in [9.17, 15) is 29.4 Å². The fourth-order valence-electron chi connectivity index (χ4n) is 11.5. The van der Waals surface area contributed by atoms with E-state index in [4.69, 9.17) is 4.74 Å². The lowest BCUT2D eigenvalue weighted by molar-refractivity contribution is -0.150. The van der Waals surface area contributed by atoms with Crippen molar-refractivity contribution >= 4 is 23.8 Å². The maximum absolute atomic E-state index is 13.5. The van der Waals surface area contributed by atoms with E-state index in [0.717, 1.165) is 88.9 Å². The third-order valence-corrected chi connectivity index (χ3v) is 14.4. The zero-order valence-electron chi connectivity index (χ0n) is 31.2. The molecule has 4 N–H and O–H groups in total. The van der Waals surface area contributed by atoms with Crippen molar-refractivity contribution in [3.8, 4) is 0 Å². The van der Waals surface area contributed by atoms with Gasteiger partial charge in [-0.05, 0) is 126 Å². The number of hydrogen-bond acceptors (Lipinski definition) is 5. The van der Waals surface area contributed by atoms with Crippen molar-refractivity contribution in [3.63, 3.8) is 0 Å². The predicted octanol–water partition coefficient (Wildman–Crippen LogP) is 8.03.